The molecule has 1 aliphatic rings. The Hall–Kier alpha value is -1.94. The maximum atomic E-state index is 10.7. The number of hydrogen-bond donors (Lipinski definition) is 1. The molecular formula is C21H31ClN4O4S. The first-order valence-corrected chi connectivity index (χ1v) is 11.1. The fourth-order valence-corrected chi connectivity index (χ4v) is 4.16. The molecule has 2 aromatic rings. The van der Waals surface area contributed by atoms with Gasteiger partial charge in [0, 0.05) is 44.5 Å². The minimum absolute atomic E-state index is 0.00505. The third-order valence-electron chi connectivity index (χ3n) is 4.33. The molecule has 0 atom stereocenters. The van der Waals surface area contributed by atoms with Gasteiger partial charge in [-0.25, -0.2) is 9.10 Å². The number of aromatic nitrogens is 1. The lowest BCUT2D eigenvalue weighted by Crippen LogP contribution is -2.41. The first-order valence-electron chi connectivity index (χ1n) is 10.0. The Morgan fingerprint density at radius 2 is 1.94 bits per heavy atom. The normalized spacial score (nSPS) is 15.2. The van der Waals surface area contributed by atoms with Gasteiger partial charge in [0.1, 0.15) is 17.6 Å². The van der Waals surface area contributed by atoms with Crippen LogP contribution < -0.4 is 10.1 Å². The van der Waals surface area contributed by atoms with Crippen LogP contribution in [0.1, 0.15) is 20.8 Å². The third kappa shape index (κ3) is 7.92. The number of halogens is 1. The number of nitrogens with one attached hydrogen (secondary N) is 1. The Morgan fingerprint density at radius 1 is 1.26 bits per heavy atom. The van der Waals surface area contributed by atoms with Crippen molar-refractivity contribution >= 4 is 47.0 Å². The predicted octanol–water partition coefficient (Wildman–Crippen LogP) is 3.67. The molecule has 1 saturated heterocycles. The van der Waals surface area contributed by atoms with Gasteiger partial charge in [0.25, 0.3) is 0 Å². The largest absolute Gasteiger partial charge is 0.496 e. The number of nitrogens with zero attached hydrogens (tertiary/aromatic N) is 3. The van der Waals surface area contributed by atoms with E-state index in [2.05, 4.69) is 31.6 Å². The molecular weight excluding hydrogens is 440 g/mol. The molecule has 1 amide bonds. The lowest BCUT2D eigenvalue weighted by atomic mass is 10.2. The van der Waals surface area contributed by atoms with Crippen LogP contribution in [-0.2, 0) is 9.53 Å². The second kappa shape index (κ2) is 11.6. The molecule has 0 bridgehead atoms. The van der Waals surface area contributed by atoms with Crippen LogP contribution in [-0.4, -0.2) is 78.0 Å². The molecule has 0 spiro atoms. The summed E-state index contributed by atoms with van der Waals surface area (Å²) in [6.45, 7) is 9.58. The highest BCUT2D eigenvalue weighted by Gasteiger charge is 2.18. The molecule has 1 aromatic heterocycles. The molecule has 1 fully saturated rings. The maximum absolute atomic E-state index is 10.7. The van der Waals surface area contributed by atoms with Crippen molar-refractivity contribution in [1.82, 2.24) is 18.5 Å². The second-order valence-electron chi connectivity index (χ2n) is 8.02. The molecule has 10 heteroatoms. The SMILES string of the molecule is CC(C)(C)OC(=O)NCC=O.COc1cccc2c1c(Cl)cn2SN1CCN(C)CC1. The van der Waals surface area contributed by atoms with Crippen LogP contribution in [0.3, 0.4) is 0 Å². The molecule has 172 valence electrons. The molecule has 0 radical (unpaired) electrons. The summed E-state index contributed by atoms with van der Waals surface area (Å²) in [4.78, 5) is 22.9. The van der Waals surface area contributed by atoms with Crippen LogP contribution in [0.25, 0.3) is 10.9 Å². The van der Waals surface area contributed by atoms with E-state index in [1.807, 2.05) is 18.3 Å². The number of alkyl carbamates (subject to hydrolysis) is 1. The van der Waals surface area contributed by atoms with Crippen molar-refractivity contribution in [2.45, 2.75) is 26.4 Å². The van der Waals surface area contributed by atoms with E-state index >= 15 is 0 Å². The van der Waals surface area contributed by atoms with E-state index < -0.39 is 11.7 Å². The van der Waals surface area contributed by atoms with Gasteiger partial charge in [0.2, 0.25) is 0 Å². The number of fused-ring (bicyclic) bond motifs is 1. The molecule has 3 rings (SSSR count). The fraction of sp³-hybridized carbons (Fsp3) is 0.524. The highest BCUT2D eigenvalue weighted by molar-refractivity contribution is 7.95. The summed E-state index contributed by atoms with van der Waals surface area (Å²) in [5.41, 5.74) is 0.589. The zero-order valence-electron chi connectivity index (χ0n) is 18.7. The minimum atomic E-state index is -0.565. The van der Waals surface area contributed by atoms with E-state index in [-0.39, 0.29) is 6.54 Å². The summed E-state index contributed by atoms with van der Waals surface area (Å²) in [7, 11) is 3.84. The quantitative estimate of drug-likeness (QED) is 0.527. The number of rotatable bonds is 5. The minimum Gasteiger partial charge on any atom is -0.496 e. The van der Waals surface area contributed by atoms with Gasteiger partial charge in [-0.1, -0.05) is 17.7 Å². The summed E-state index contributed by atoms with van der Waals surface area (Å²) in [6.07, 6.45) is 2.01. The molecule has 8 nitrogen and oxygen atoms in total. The zero-order valence-corrected chi connectivity index (χ0v) is 20.3. The Morgan fingerprint density at radius 3 is 2.52 bits per heavy atom. The summed E-state index contributed by atoms with van der Waals surface area (Å²) in [5.74, 6) is 0.824. The van der Waals surface area contributed by atoms with Gasteiger partial charge < -0.3 is 24.5 Å². The topological polar surface area (TPSA) is 76.0 Å². The number of amides is 1. The van der Waals surface area contributed by atoms with E-state index in [0.29, 0.717) is 6.29 Å². The summed E-state index contributed by atoms with van der Waals surface area (Å²) >= 11 is 8.08. The number of piperazine rings is 1. The number of hydrogen-bond acceptors (Lipinski definition) is 7. The van der Waals surface area contributed by atoms with Crippen LogP contribution in [0, 0.1) is 0 Å². The Kier molecular flexibility index (Phi) is 9.49. The van der Waals surface area contributed by atoms with Crippen molar-refractivity contribution in [3.63, 3.8) is 0 Å². The van der Waals surface area contributed by atoms with Gasteiger partial charge in [-0.05, 0) is 40.0 Å². The van der Waals surface area contributed by atoms with Gasteiger partial charge in [-0.3, -0.25) is 3.97 Å². The van der Waals surface area contributed by atoms with Gasteiger partial charge >= 0.3 is 6.09 Å². The summed E-state index contributed by atoms with van der Waals surface area (Å²) in [6, 6.07) is 6.02. The summed E-state index contributed by atoms with van der Waals surface area (Å²) in [5, 5.41) is 3.98. The fourth-order valence-electron chi connectivity index (χ4n) is 2.85. The van der Waals surface area contributed by atoms with E-state index in [4.69, 9.17) is 21.1 Å². The zero-order chi connectivity index (χ0) is 23.0. The van der Waals surface area contributed by atoms with Crippen molar-refractivity contribution in [2.24, 2.45) is 0 Å². The van der Waals surface area contributed by atoms with Crippen LogP contribution >= 0.6 is 23.7 Å². The molecule has 2 heterocycles. The Bertz CT molecular complexity index is 876. The number of likely N-dealkylation sites (N-methyl/N-ethyl adjacent to an activating group) is 1. The molecule has 0 unspecified atom stereocenters. The van der Waals surface area contributed by atoms with Crippen LogP contribution in [0.5, 0.6) is 5.75 Å². The Labute approximate surface area is 193 Å². The summed E-state index contributed by atoms with van der Waals surface area (Å²) < 4.78 is 14.7. The molecule has 1 aliphatic heterocycles. The van der Waals surface area contributed by atoms with Crippen LogP contribution in [0.4, 0.5) is 4.79 Å². The molecule has 1 aromatic carbocycles. The average Bonchev–Trinajstić information content (AvgIpc) is 3.03. The highest BCUT2D eigenvalue weighted by atomic mass is 35.5. The number of ether oxygens (including phenoxy) is 2. The predicted molar refractivity (Wildman–Crippen MR) is 126 cm³/mol. The van der Waals surface area contributed by atoms with E-state index in [9.17, 15) is 9.59 Å². The first kappa shape index (κ1) is 25.3. The van der Waals surface area contributed by atoms with Crippen molar-refractivity contribution in [3.8, 4) is 5.75 Å². The van der Waals surface area contributed by atoms with Crippen molar-refractivity contribution < 1.29 is 19.1 Å². The van der Waals surface area contributed by atoms with Crippen LogP contribution in [0.15, 0.2) is 24.4 Å². The standard InChI is InChI=1S/C14H18ClN3OS.C7H13NO3/c1-16-6-8-17(9-7-16)20-18-10-11(15)14-12(18)4-3-5-13(14)19-2;1-7(2,3)11-6(10)8-4-5-9/h3-5,10H,6-9H2,1-2H3;5H,4H2,1-3H3,(H,8,10). The van der Waals surface area contributed by atoms with Crippen molar-refractivity contribution in [3.05, 3.63) is 29.4 Å². The number of aldehydes is 1. The molecule has 0 saturated carbocycles. The van der Waals surface area contributed by atoms with Crippen LogP contribution in [0.2, 0.25) is 5.02 Å². The number of methoxy groups -OCH3 is 1. The van der Waals surface area contributed by atoms with E-state index in [0.717, 1.165) is 47.9 Å². The lowest BCUT2D eigenvalue weighted by molar-refractivity contribution is -0.107. The Balaban J connectivity index is 0.000000267. The number of carbonyl (C=O) groups excluding carboxylic acids is 2. The smallest absolute Gasteiger partial charge is 0.408 e. The number of benzene rings is 1. The van der Waals surface area contributed by atoms with E-state index in [1.165, 1.54) is 0 Å². The molecule has 31 heavy (non-hydrogen) atoms. The first-order chi connectivity index (χ1) is 14.6. The van der Waals surface area contributed by atoms with Crippen molar-refractivity contribution in [2.75, 3.05) is 46.9 Å². The molecule has 0 aliphatic carbocycles. The monoisotopic (exact) mass is 470 g/mol. The van der Waals surface area contributed by atoms with Gasteiger partial charge in [-0.15, -0.1) is 0 Å². The molecule has 1 N–H and O–H groups in total. The maximum Gasteiger partial charge on any atom is 0.408 e. The average molecular weight is 471 g/mol. The van der Waals surface area contributed by atoms with E-state index in [1.54, 1.807) is 40.0 Å². The third-order valence-corrected chi connectivity index (χ3v) is 5.69. The van der Waals surface area contributed by atoms with Crippen molar-refractivity contribution in [1.29, 1.82) is 0 Å². The van der Waals surface area contributed by atoms with Gasteiger partial charge in [0.05, 0.1) is 29.6 Å². The van der Waals surface area contributed by atoms with Gasteiger partial charge in [0.15, 0.2) is 0 Å². The number of carbonyl (C=O) groups is 2. The lowest BCUT2D eigenvalue weighted by Gasteiger charge is -2.31. The van der Waals surface area contributed by atoms with Gasteiger partial charge in [-0.2, -0.15) is 0 Å². The highest BCUT2D eigenvalue weighted by Crippen LogP contribution is 2.36. The second-order valence-corrected chi connectivity index (χ2v) is 9.50.